The molecule has 0 amide bonds. The average Bonchev–Trinajstić information content (AvgIpc) is 2.38. The Morgan fingerprint density at radius 3 is 2.22 bits per heavy atom. The van der Waals surface area contributed by atoms with E-state index in [2.05, 4.69) is 36.5 Å². The zero-order chi connectivity index (χ0) is 13.0. The maximum absolute atomic E-state index is 5.55. The Hall–Kier alpha value is -1.87. The lowest BCUT2D eigenvalue weighted by atomic mass is 10.1. The lowest BCUT2D eigenvalue weighted by Gasteiger charge is -2.07. The predicted octanol–water partition coefficient (Wildman–Crippen LogP) is 3.24. The monoisotopic (exact) mass is 256 g/mol. The summed E-state index contributed by atoms with van der Waals surface area (Å²) in [4.78, 5) is 0.431. The van der Waals surface area contributed by atoms with Gasteiger partial charge in [-0.05, 0) is 36.8 Å². The summed E-state index contributed by atoms with van der Waals surface area (Å²) in [7, 11) is 0. The Morgan fingerprint density at radius 2 is 1.67 bits per heavy atom. The zero-order valence-electron chi connectivity index (χ0n) is 10.3. The van der Waals surface area contributed by atoms with Crippen LogP contribution in [0.4, 0.5) is 5.69 Å². The van der Waals surface area contributed by atoms with Crippen LogP contribution in [0.3, 0.4) is 0 Å². The largest absolute Gasteiger partial charge is 0.389 e. The van der Waals surface area contributed by atoms with Crippen LogP contribution in [0.5, 0.6) is 0 Å². The molecule has 2 aromatic rings. The standard InChI is InChI=1S/C15H16N2S/c1-11-2-4-12(5-3-11)10-17-14-8-6-13(7-9-14)15(16)18/h2-9,17H,10H2,1H3,(H2,16,18). The number of nitrogens with one attached hydrogen (secondary N) is 1. The van der Waals surface area contributed by atoms with Gasteiger partial charge in [-0.1, -0.05) is 42.0 Å². The third kappa shape index (κ3) is 3.31. The number of rotatable bonds is 4. The fraction of sp³-hybridized carbons (Fsp3) is 0.133. The third-order valence-electron chi connectivity index (χ3n) is 2.79. The van der Waals surface area contributed by atoms with Crippen molar-refractivity contribution in [1.29, 1.82) is 0 Å². The number of hydrogen-bond donors (Lipinski definition) is 2. The van der Waals surface area contributed by atoms with Gasteiger partial charge in [0.25, 0.3) is 0 Å². The number of thiocarbonyl (C=S) groups is 1. The van der Waals surface area contributed by atoms with Gasteiger partial charge in [0.05, 0.1) is 0 Å². The molecule has 2 rings (SSSR count). The van der Waals surface area contributed by atoms with Crippen LogP contribution in [0, 0.1) is 6.92 Å². The van der Waals surface area contributed by atoms with Crippen molar-refractivity contribution >= 4 is 22.9 Å². The molecule has 0 fully saturated rings. The highest BCUT2D eigenvalue weighted by Crippen LogP contribution is 2.11. The SMILES string of the molecule is Cc1ccc(CNc2ccc(C(N)=S)cc2)cc1. The van der Waals surface area contributed by atoms with Crippen molar-refractivity contribution in [3.8, 4) is 0 Å². The van der Waals surface area contributed by atoms with Gasteiger partial charge in [-0.2, -0.15) is 0 Å². The number of benzene rings is 2. The molecule has 0 saturated heterocycles. The number of aryl methyl sites for hydroxylation is 1. The maximum Gasteiger partial charge on any atom is 0.103 e. The first-order chi connectivity index (χ1) is 8.65. The summed E-state index contributed by atoms with van der Waals surface area (Å²) in [5.41, 5.74) is 10.1. The van der Waals surface area contributed by atoms with E-state index in [1.54, 1.807) is 0 Å². The van der Waals surface area contributed by atoms with Gasteiger partial charge in [0, 0.05) is 17.8 Å². The summed E-state index contributed by atoms with van der Waals surface area (Å²) < 4.78 is 0. The number of nitrogens with two attached hydrogens (primary N) is 1. The summed E-state index contributed by atoms with van der Waals surface area (Å²) in [5, 5.41) is 3.36. The topological polar surface area (TPSA) is 38.0 Å². The molecule has 0 bridgehead atoms. The molecule has 0 aliphatic rings. The molecule has 0 spiro atoms. The second-order valence-corrected chi connectivity index (χ2v) is 4.72. The summed E-state index contributed by atoms with van der Waals surface area (Å²) in [6.45, 7) is 2.90. The van der Waals surface area contributed by atoms with Crippen LogP contribution >= 0.6 is 12.2 Å². The molecule has 3 N–H and O–H groups in total. The van der Waals surface area contributed by atoms with E-state index in [-0.39, 0.29) is 0 Å². The van der Waals surface area contributed by atoms with E-state index >= 15 is 0 Å². The van der Waals surface area contributed by atoms with Crippen LogP contribution < -0.4 is 11.1 Å². The average molecular weight is 256 g/mol. The zero-order valence-corrected chi connectivity index (χ0v) is 11.1. The fourth-order valence-electron chi connectivity index (χ4n) is 1.66. The minimum absolute atomic E-state index is 0.431. The van der Waals surface area contributed by atoms with Gasteiger partial charge >= 0.3 is 0 Å². The van der Waals surface area contributed by atoms with Crippen LogP contribution in [0.1, 0.15) is 16.7 Å². The van der Waals surface area contributed by atoms with Gasteiger partial charge in [0.2, 0.25) is 0 Å². The van der Waals surface area contributed by atoms with Crippen molar-refractivity contribution in [2.75, 3.05) is 5.32 Å². The second-order valence-electron chi connectivity index (χ2n) is 4.28. The van der Waals surface area contributed by atoms with E-state index in [0.29, 0.717) is 4.99 Å². The first kappa shape index (κ1) is 12.6. The Labute approximate surface area is 113 Å². The number of anilines is 1. The third-order valence-corrected chi connectivity index (χ3v) is 3.02. The van der Waals surface area contributed by atoms with Crippen molar-refractivity contribution in [2.45, 2.75) is 13.5 Å². The maximum atomic E-state index is 5.55. The Kier molecular flexibility index (Phi) is 3.95. The lowest BCUT2D eigenvalue weighted by Crippen LogP contribution is -2.09. The number of hydrogen-bond acceptors (Lipinski definition) is 2. The molecule has 0 aromatic heterocycles. The quantitative estimate of drug-likeness (QED) is 0.825. The summed E-state index contributed by atoms with van der Waals surface area (Å²) in [6, 6.07) is 16.3. The highest BCUT2D eigenvalue weighted by Gasteiger charge is 1.97. The van der Waals surface area contributed by atoms with Gasteiger partial charge in [0.15, 0.2) is 0 Å². The Morgan fingerprint density at radius 1 is 1.06 bits per heavy atom. The molecular weight excluding hydrogens is 240 g/mol. The molecule has 2 aromatic carbocycles. The van der Waals surface area contributed by atoms with E-state index in [9.17, 15) is 0 Å². The highest BCUT2D eigenvalue weighted by atomic mass is 32.1. The van der Waals surface area contributed by atoms with Crippen molar-refractivity contribution in [1.82, 2.24) is 0 Å². The molecule has 0 saturated carbocycles. The molecule has 3 heteroatoms. The van der Waals surface area contributed by atoms with Crippen LogP contribution in [0.2, 0.25) is 0 Å². The van der Waals surface area contributed by atoms with E-state index < -0.39 is 0 Å². The Bertz CT molecular complexity index is 529. The molecule has 0 unspecified atom stereocenters. The van der Waals surface area contributed by atoms with Gasteiger partial charge in [0.1, 0.15) is 4.99 Å². The normalized spacial score (nSPS) is 10.1. The molecule has 0 radical (unpaired) electrons. The van der Waals surface area contributed by atoms with Gasteiger partial charge in [-0.3, -0.25) is 0 Å². The second kappa shape index (κ2) is 5.65. The van der Waals surface area contributed by atoms with Crippen LogP contribution in [-0.2, 0) is 6.54 Å². The molecule has 0 aliphatic heterocycles. The predicted molar refractivity (Wildman–Crippen MR) is 80.8 cm³/mol. The van der Waals surface area contributed by atoms with Crippen LogP contribution in [0.25, 0.3) is 0 Å². The van der Waals surface area contributed by atoms with E-state index in [1.165, 1.54) is 11.1 Å². The Balaban J connectivity index is 1.97. The minimum atomic E-state index is 0.431. The van der Waals surface area contributed by atoms with Crippen LogP contribution in [-0.4, -0.2) is 4.99 Å². The molecular formula is C15H16N2S. The van der Waals surface area contributed by atoms with E-state index in [4.69, 9.17) is 18.0 Å². The first-order valence-electron chi connectivity index (χ1n) is 5.84. The van der Waals surface area contributed by atoms with Gasteiger partial charge in [-0.25, -0.2) is 0 Å². The molecule has 92 valence electrons. The van der Waals surface area contributed by atoms with Gasteiger partial charge in [-0.15, -0.1) is 0 Å². The van der Waals surface area contributed by atoms with Crippen molar-refractivity contribution in [2.24, 2.45) is 5.73 Å². The highest BCUT2D eigenvalue weighted by molar-refractivity contribution is 7.80. The molecule has 0 atom stereocenters. The summed E-state index contributed by atoms with van der Waals surface area (Å²) in [6.07, 6.45) is 0. The first-order valence-corrected chi connectivity index (χ1v) is 6.25. The van der Waals surface area contributed by atoms with Crippen molar-refractivity contribution in [3.05, 3.63) is 65.2 Å². The van der Waals surface area contributed by atoms with Crippen molar-refractivity contribution < 1.29 is 0 Å². The molecule has 2 nitrogen and oxygen atoms in total. The fourth-order valence-corrected chi connectivity index (χ4v) is 1.80. The van der Waals surface area contributed by atoms with Gasteiger partial charge < -0.3 is 11.1 Å². The molecule has 0 aliphatic carbocycles. The van der Waals surface area contributed by atoms with Crippen LogP contribution in [0.15, 0.2) is 48.5 Å². The van der Waals surface area contributed by atoms with Crippen molar-refractivity contribution in [3.63, 3.8) is 0 Å². The summed E-state index contributed by atoms with van der Waals surface area (Å²) in [5.74, 6) is 0. The summed E-state index contributed by atoms with van der Waals surface area (Å²) >= 11 is 4.92. The smallest absolute Gasteiger partial charge is 0.103 e. The minimum Gasteiger partial charge on any atom is -0.389 e. The molecule has 18 heavy (non-hydrogen) atoms. The van der Waals surface area contributed by atoms with E-state index in [1.807, 2.05) is 24.3 Å². The van der Waals surface area contributed by atoms with E-state index in [0.717, 1.165) is 17.8 Å². The lowest BCUT2D eigenvalue weighted by molar-refractivity contribution is 1.14. The molecule has 0 heterocycles.